The van der Waals surface area contributed by atoms with Crippen molar-refractivity contribution in [1.29, 1.82) is 0 Å². The zero-order chi connectivity index (χ0) is 11.5. The maximum Gasteiger partial charge on any atom is 0.0952 e. The molecule has 0 spiro atoms. The second-order valence-electron chi connectivity index (χ2n) is 3.85. The molecule has 2 aromatic rings. The van der Waals surface area contributed by atoms with E-state index in [4.69, 9.17) is 4.42 Å². The number of aromatic nitrogens is 2. The topological polar surface area (TPSA) is 43.0 Å². The molecule has 0 atom stereocenters. The summed E-state index contributed by atoms with van der Waals surface area (Å²) in [5.41, 5.74) is 4.50. The van der Waals surface area contributed by atoms with Crippen LogP contribution in [0.3, 0.4) is 0 Å². The van der Waals surface area contributed by atoms with Crippen LogP contribution in [0.1, 0.15) is 23.9 Å². The Kier molecular flexibility index (Phi) is 2.99. The van der Waals surface area contributed by atoms with Crippen LogP contribution in [0, 0.1) is 13.8 Å². The van der Waals surface area contributed by atoms with Crippen molar-refractivity contribution in [3.8, 4) is 0 Å². The summed E-state index contributed by atoms with van der Waals surface area (Å²) >= 11 is 0. The molecule has 0 aromatic carbocycles. The predicted molar refractivity (Wildman–Crippen MR) is 63.4 cm³/mol. The van der Waals surface area contributed by atoms with E-state index in [0.29, 0.717) is 0 Å². The Labute approximate surface area is 95.3 Å². The molecule has 0 fully saturated rings. The molecule has 0 bridgehead atoms. The Morgan fingerprint density at radius 2 is 2.25 bits per heavy atom. The highest BCUT2D eigenvalue weighted by Gasteiger charge is 2.09. The molecular formula is C12H17N3O. The van der Waals surface area contributed by atoms with Crippen LogP contribution in [-0.4, -0.2) is 9.78 Å². The molecular weight excluding hydrogens is 202 g/mol. The van der Waals surface area contributed by atoms with Crippen LogP contribution < -0.4 is 5.32 Å². The predicted octanol–water partition coefficient (Wildman–Crippen LogP) is 2.72. The largest absolute Gasteiger partial charge is 0.472 e. The van der Waals surface area contributed by atoms with Gasteiger partial charge in [0, 0.05) is 18.7 Å². The van der Waals surface area contributed by atoms with E-state index < -0.39 is 0 Å². The van der Waals surface area contributed by atoms with Crippen molar-refractivity contribution in [3.63, 3.8) is 0 Å². The van der Waals surface area contributed by atoms with Crippen LogP contribution in [0.5, 0.6) is 0 Å². The van der Waals surface area contributed by atoms with Gasteiger partial charge < -0.3 is 9.73 Å². The van der Waals surface area contributed by atoms with E-state index in [0.717, 1.165) is 30.0 Å². The van der Waals surface area contributed by atoms with E-state index in [1.807, 2.05) is 17.7 Å². The minimum atomic E-state index is 0.771. The molecule has 4 nitrogen and oxygen atoms in total. The van der Waals surface area contributed by atoms with Gasteiger partial charge in [0.1, 0.15) is 0 Å². The van der Waals surface area contributed by atoms with Crippen molar-refractivity contribution in [2.45, 2.75) is 33.9 Å². The molecule has 16 heavy (non-hydrogen) atoms. The second kappa shape index (κ2) is 4.43. The van der Waals surface area contributed by atoms with Crippen LogP contribution in [0.25, 0.3) is 0 Å². The van der Waals surface area contributed by atoms with Crippen LogP contribution in [0.4, 0.5) is 5.69 Å². The first-order valence-corrected chi connectivity index (χ1v) is 5.51. The average molecular weight is 219 g/mol. The number of anilines is 1. The van der Waals surface area contributed by atoms with Gasteiger partial charge in [0.25, 0.3) is 0 Å². The van der Waals surface area contributed by atoms with Crippen molar-refractivity contribution < 1.29 is 4.42 Å². The monoisotopic (exact) mass is 219 g/mol. The van der Waals surface area contributed by atoms with Crippen LogP contribution >= 0.6 is 0 Å². The number of nitrogens with zero attached hydrogens (tertiary/aromatic N) is 2. The first-order chi connectivity index (χ1) is 7.72. The van der Waals surface area contributed by atoms with Crippen molar-refractivity contribution in [3.05, 3.63) is 35.5 Å². The highest BCUT2D eigenvalue weighted by Crippen LogP contribution is 2.20. The van der Waals surface area contributed by atoms with E-state index in [1.54, 1.807) is 12.5 Å². The molecule has 0 aliphatic carbocycles. The van der Waals surface area contributed by atoms with Crippen LogP contribution in [-0.2, 0) is 13.1 Å². The smallest absolute Gasteiger partial charge is 0.0952 e. The van der Waals surface area contributed by atoms with Crippen molar-refractivity contribution >= 4 is 5.69 Å². The standard InChI is InChI=1S/C12H17N3O/c1-4-15-10(3)12(9(2)14-15)13-7-11-5-6-16-8-11/h5-6,8,13H,4,7H2,1-3H3. The first-order valence-electron chi connectivity index (χ1n) is 5.51. The molecule has 0 aliphatic heterocycles. The minimum absolute atomic E-state index is 0.771. The highest BCUT2D eigenvalue weighted by atomic mass is 16.3. The molecule has 2 aromatic heterocycles. The molecule has 1 N–H and O–H groups in total. The Morgan fingerprint density at radius 3 is 2.81 bits per heavy atom. The number of rotatable bonds is 4. The van der Waals surface area contributed by atoms with Crippen molar-refractivity contribution in [2.75, 3.05) is 5.32 Å². The van der Waals surface area contributed by atoms with Gasteiger partial charge in [-0.3, -0.25) is 4.68 Å². The second-order valence-corrected chi connectivity index (χ2v) is 3.85. The molecule has 0 amide bonds. The summed E-state index contributed by atoms with van der Waals surface area (Å²) in [7, 11) is 0. The maximum atomic E-state index is 5.03. The third-order valence-corrected chi connectivity index (χ3v) is 2.73. The Hall–Kier alpha value is -1.71. The zero-order valence-corrected chi connectivity index (χ0v) is 9.95. The van der Waals surface area contributed by atoms with Gasteiger partial charge in [0.2, 0.25) is 0 Å². The lowest BCUT2D eigenvalue weighted by molar-refractivity contribution is 0.564. The quantitative estimate of drug-likeness (QED) is 0.859. The van der Waals surface area contributed by atoms with E-state index in [9.17, 15) is 0 Å². The molecule has 0 saturated heterocycles. The average Bonchev–Trinajstić information content (AvgIpc) is 2.86. The summed E-state index contributed by atoms with van der Waals surface area (Å²) in [6, 6.07) is 1.96. The Balaban J connectivity index is 2.12. The summed E-state index contributed by atoms with van der Waals surface area (Å²) in [5, 5.41) is 7.85. The van der Waals surface area contributed by atoms with Gasteiger partial charge in [-0.15, -0.1) is 0 Å². The molecule has 86 valence electrons. The lowest BCUT2D eigenvalue weighted by Gasteiger charge is -2.05. The Morgan fingerprint density at radius 1 is 1.44 bits per heavy atom. The van der Waals surface area contributed by atoms with E-state index in [1.165, 1.54) is 5.69 Å². The molecule has 4 heteroatoms. The zero-order valence-electron chi connectivity index (χ0n) is 9.95. The van der Waals surface area contributed by atoms with Crippen LogP contribution in [0.2, 0.25) is 0 Å². The fourth-order valence-electron chi connectivity index (χ4n) is 1.84. The van der Waals surface area contributed by atoms with Crippen molar-refractivity contribution in [1.82, 2.24) is 9.78 Å². The molecule has 2 rings (SSSR count). The summed E-state index contributed by atoms with van der Waals surface area (Å²) in [6.07, 6.45) is 3.44. The van der Waals surface area contributed by atoms with E-state index >= 15 is 0 Å². The maximum absolute atomic E-state index is 5.03. The fraction of sp³-hybridized carbons (Fsp3) is 0.417. The summed E-state index contributed by atoms with van der Waals surface area (Å²) in [5.74, 6) is 0. The van der Waals surface area contributed by atoms with Gasteiger partial charge in [-0.1, -0.05) is 0 Å². The van der Waals surface area contributed by atoms with Gasteiger partial charge in [-0.05, 0) is 26.8 Å². The van der Waals surface area contributed by atoms with Gasteiger partial charge in [-0.2, -0.15) is 5.10 Å². The summed E-state index contributed by atoms with van der Waals surface area (Å²) in [4.78, 5) is 0. The molecule has 0 unspecified atom stereocenters. The van der Waals surface area contributed by atoms with Gasteiger partial charge >= 0.3 is 0 Å². The normalized spacial score (nSPS) is 10.7. The minimum Gasteiger partial charge on any atom is -0.472 e. The van der Waals surface area contributed by atoms with Crippen molar-refractivity contribution in [2.24, 2.45) is 0 Å². The first kappa shape index (κ1) is 10.8. The Bertz CT molecular complexity index is 457. The van der Waals surface area contributed by atoms with E-state index in [2.05, 4.69) is 24.3 Å². The number of nitrogens with one attached hydrogen (secondary N) is 1. The number of aryl methyl sites for hydroxylation is 2. The van der Waals surface area contributed by atoms with Gasteiger partial charge in [0.15, 0.2) is 0 Å². The highest BCUT2D eigenvalue weighted by molar-refractivity contribution is 5.52. The summed E-state index contributed by atoms with van der Waals surface area (Å²) < 4.78 is 7.04. The third-order valence-electron chi connectivity index (χ3n) is 2.73. The third kappa shape index (κ3) is 1.96. The molecule has 0 aliphatic rings. The lowest BCUT2D eigenvalue weighted by atomic mass is 10.3. The summed E-state index contributed by atoms with van der Waals surface area (Å²) in [6.45, 7) is 7.88. The fourth-order valence-corrected chi connectivity index (χ4v) is 1.84. The van der Waals surface area contributed by atoms with Gasteiger partial charge in [0.05, 0.1) is 29.6 Å². The molecule has 0 saturated carbocycles. The SMILES string of the molecule is CCn1nc(C)c(NCc2ccoc2)c1C. The number of furan rings is 1. The lowest BCUT2D eigenvalue weighted by Crippen LogP contribution is -2.02. The number of hydrogen-bond acceptors (Lipinski definition) is 3. The van der Waals surface area contributed by atoms with E-state index in [-0.39, 0.29) is 0 Å². The molecule has 2 heterocycles. The number of hydrogen-bond donors (Lipinski definition) is 1. The van der Waals surface area contributed by atoms with Crippen LogP contribution in [0.15, 0.2) is 23.0 Å². The van der Waals surface area contributed by atoms with Gasteiger partial charge in [-0.25, -0.2) is 0 Å². The molecule has 0 radical (unpaired) electrons.